The van der Waals surface area contributed by atoms with Crippen LogP contribution >= 0.6 is 0 Å². The number of benzene rings is 2. The Balaban J connectivity index is 1.87. The van der Waals surface area contributed by atoms with E-state index in [1.807, 2.05) is 0 Å². The number of nitrogens with one attached hydrogen (secondary N) is 2. The quantitative estimate of drug-likeness (QED) is 0.325. The van der Waals surface area contributed by atoms with Crippen molar-refractivity contribution >= 4 is 17.6 Å². The summed E-state index contributed by atoms with van der Waals surface area (Å²) < 4.78 is 52.7. The Morgan fingerprint density at radius 2 is 1.65 bits per heavy atom. The molecule has 0 fully saturated rings. The second-order valence-electron chi connectivity index (χ2n) is 6.80. The monoisotopic (exact) mass is 434 g/mol. The number of anilines is 3. The number of rotatable bonds is 9. The molecule has 0 spiro atoms. The van der Waals surface area contributed by atoms with Crippen LogP contribution in [0, 0.1) is 5.82 Å². The Kier molecular flexibility index (Phi) is 7.35. The predicted octanol–water partition coefficient (Wildman–Crippen LogP) is 4.98. The first kappa shape index (κ1) is 22.4. The fraction of sp³-hybridized carbons (Fsp3) is 0.286. The van der Waals surface area contributed by atoms with E-state index in [1.54, 1.807) is 6.07 Å². The zero-order valence-electron chi connectivity index (χ0n) is 16.6. The number of alkyl halides is 3. The summed E-state index contributed by atoms with van der Waals surface area (Å²) in [7, 11) is 0. The number of aromatic nitrogens is 3. The number of nitrogens with zero attached hydrogens (tertiary/aromatic N) is 3. The maximum atomic E-state index is 13.7. The van der Waals surface area contributed by atoms with Gasteiger partial charge in [0.1, 0.15) is 5.82 Å². The van der Waals surface area contributed by atoms with Gasteiger partial charge >= 0.3 is 6.18 Å². The third-order valence-corrected chi connectivity index (χ3v) is 4.33. The normalized spacial score (nSPS) is 11.4. The van der Waals surface area contributed by atoms with Crippen molar-refractivity contribution < 1.29 is 17.6 Å². The van der Waals surface area contributed by atoms with Crippen molar-refractivity contribution in [2.24, 2.45) is 5.73 Å². The van der Waals surface area contributed by atoms with E-state index in [0.717, 1.165) is 31.4 Å². The highest BCUT2D eigenvalue weighted by Crippen LogP contribution is 2.31. The lowest BCUT2D eigenvalue weighted by Crippen LogP contribution is -2.10. The van der Waals surface area contributed by atoms with Gasteiger partial charge in [-0.1, -0.05) is 24.6 Å². The van der Waals surface area contributed by atoms with Crippen molar-refractivity contribution in [1.29, 1.82) is 0 Å². The van der Waals surface area contributed by atoms with Crippen molar-refractivity contribution in [3.05, 3.63) is 59.9 Å². The highest BCUT2D eigenvalue weighted by Gasteiger charge is 2.30. The van der Waals surface area contributed by atoms with Gasteiger partial charge in [0.15, 0.2) is 5.82 Å². The summed E-state index contributed by atoms with van der Waals surface area (Å²) in [5, 5.41) is 5.85. The van der Waals surface area contributed by atoms with E-state index < -0.39 is 17.6 Å². The predicted molar refractivity (Wildman–Crippen MR) is 111 cm³/mol. The van der Waals surface area contributed by atoms with Crippen LogP contribution in [0.2, 0.25) is 0 Å². The summed E-state index contributed by atoms with van der Waals surface area (Å²) in [6.07, 6.45) is -1.80. The van der Waals surface area contributed by atoms with Crippen molar-refractivity contribution in [3.63, 3.8) is 0 Å². The second kappa shape index (κ2) is 10.2. The molecule has 3 rings (SSSR count). The molecular weight excluding hydrogens is 412 g/mol. The summed E-state index contributed by atoms with van der Waals surface area (Å²) in [6, 6.07) is 10.4. The lowest BCUT2D eigenvalue weighted by molar-refractivity contribution is -0.137. The largest absolute Gasteiger partial charge is 0.416 e. The topological polar surface area (TPSA) is 88.8 Å². The Morgan fingerprint density at radius 1 is 0.871 bits per heavy atom. The standard InChI is InChI=1S/C21H22F4N6/c22-16-8-4-6-14(12-16)18-29-19(27-11-3-1-2-10-26)31-20(30-18)28-17-9-5-7-15(13-17)21(23,24)25/h4-9,12-13H,1-3,10-11,26H2,(H2,27,28,29,30,31). The van der Waals surface area contributed by atoms with Gasteiger partial charge in [-0.15, -0.1) is 0 Å². The Bertz CT molecular complexity index is 1010. The molecule has 4 N–H and O–H groups in total. The maximum Gasteiger partial charge on any atom is 0.416 e. The van der Waals surface area contributed by atoms with Gasteiger partial charge in [-0.25, -0.2) is 4.39 Å². The van der Waals surface area contributed by atoms with E-state index in [2.05, 4.69) is 25.6 Å². The molecular formula is C21H22F4N6. The Morgan fingerprint density at radius 3 is 2.39 bits per heavy atom. The zero-order chi connectivity index (χ0) is 22.3. The molecule has 2 aromatic carbocycles. The van der Waals surface area contributed by atoms with Crippen LogP contribution in [0.25, 0.3) is 11.4 Å². The zero-order valence-corrected chi connectivity index (χ0v) is 16.6. The summed E-state index contributed by atoms with van der Waals surface area (Å²) in [4.78, 5) is 12.8. The SMILES string of the molecule is NCCCCCNc1nc(Nc2cccc(C(F)(F)F)c2)nc(-c2cccc(F)c2)n1. The van der Waals surface area contributed by atoms with Crippen molar-refractivity contribution in [3.8, 4) is 11.4 Å². The van der Waals surface area contributed by atoms with Crippen molar-refractivity contribution in [2.75, 3.05) is 23.7 Å². The van der Waals surface area contributed by atoms with E-state index in [1.165, 1.54) is 30.3 Å². The average Bonchev–Trinajstić information content (AvgIpc) is 2.73. The number of nitrogens with two attached hydrogens (primary N) is 1. The van der Waals surface area contributed by atoms with Crippen LogP contribution in [0.15, 0.2) is 48.5 Å². The summed E-state index contributed by atoms with van der Waals surface area (Å²) >= 11 is 0. The molecule has 0 amide bonds. The minimum absolute atomic E-state index is 0.0399. The van der Waals surface area contributed by atoms with Crippen LogP contribution in [0.5, 0.6) is 0 Å². The molecule has 3 aromatic rings. The summed E-state index contributed by atoms with van der Waals surface area (Å²) in [6.45, 7) is 1.19. The average molecular weight is 434 g/mol. The van der Waals surface area contributed by atoms with E-state index >= 15 is 0 Å². The van der Waals surface area contributed by atoms with Gasteiger partial charge in [-0.2, -0.15) is 28.1 Å². The van der Waals surface area contributed by atoms with Gasteiger partial charge < -0.3 is 16.4 Å². The maximum absolute atomic E-state index is 13.7. The van der Waals surface area contributed by atoms with Crippen LogP contribution in [-0.2, 0) is 6.18 Å². The molecule has 1 aromatic heterocycles. The highest BCUT2D eigenvalue weighted by molar-refractivity contribution is 5.61. The van der Waals surface area contributed by atoms with Gasteiger partial charge in [0.25, 0.3) is 0 Å². The van der Waals surface area contributed by atoms with Crippen LogP contribution in [0.3, 0.4) is 0 Å². The molecule has 6 nitrogen and oxygen atoms in total. The smallest absolute Gasteiger partial charge is 0.354 e. The number of hydrogen-bond acceptors (Lipinski definition) is 6. The van der Waals surface area contributed by atoms with Crippen molar-refractivity contribution in [1.82, 2.24) is 15.0 Å². The molecule has 31 heavy (non-hydrogen) atoms. The van der Waals surface area contributed by atoms with Gasteiger partial charge in [0.05, 0.1) is 5.56 Å². The lowest BCUT2D eigenvalue weighted by atomic mass is 10.2. The van der Waals surface area contributed by atoms with Gasteiger partial charge in [0, 0.05) is 17.8 Å². The molecule has 0 atom stereocenters. The molecule has 0 aliphatic carbocycles. The highest BCUT2D eigenvalue weighted by atomic mass is 19.4. The molecule has 0 saturated heterocycles. The first-order valence-electron chi connectivity index (χ1n) is 9.75. The number of unbranched alkanes of at least 4 members (excludes halogenated alkanes) is 2. The minimum Gasteiger partial charge on any atom is -0.354 e. The molecule has 0 aliphatic heterocycles. The van der Waals surface area contributed by atoms with Gasteiger partial charge in [-0.05, 0) is 49.7 Å². The molecule has 164 valence electrons. The van der Waals surface area contributed by atoms with E-state index in [4.69, 9.17) is 5.73 Å². The number of halogens is 4. The van der Waals surface area contributed by atoms with Gasteiger partial charge in [0.2, 0.25) is 11.9 Å². The first-order chi connectivity index (χ1) is 14.8. The third-order valence-electron chi connectivity index (χ3n) is 4.33. The van der Waals surface area contributed by atoms with Crippen LogP contribution < -0.4 is 16.4 Å². The molecule has 0 unspecified atom stereocenters. The van der Waals surface area contributed by atoms with Gasteiger partial charge in [-0.3, -0.25) is 0 Å². The molecule has 1 heterocycles. The first-order valence-corrected chi connectivity index (χ1v) is 9.75. The van der Waals surface area contributed by atoms with E-state index in [0.29, 0.717) is 18.7 Å². The molecule has 0 bridgehead atoms. The fourth-order valence-corrected chi connectivity index (χ4v) is 2.82. The van der Waals surface area contributed by atoms with Crippen LogP contribution in [-0.4, -0.2) is 28.0 Å². The van der Waals surface area contributed by atoms with Crippen molar-refractivity contribution in [2.45, 2.75) is 25.4 Å². The molecule has 10 heteroatoms. The third kappa shape index (κ3) is 6.61. The summed E-state index contributed by atoms with van der Waals surface area (Å²) in [5.41, 5.74) is 5.27. The summed E-state index contributed by atoms with van der Waals surface area (Å²) in [5.74, 6) is 0.00422. The van der Waals surface area contributed by atoms with Crippen LogP contribution in [0.4, 0.5) is 35.1 Å². The molecule has 0 saturated carbocycles. The van der Waals surface area contributed by atoms with E-state index in [9.17, 15) is 17.6 Å². The second-order valence-corrected chi connectivity index (χ2v) is 6.80. The minimum atomic E-state index is -4.47. The lowest BCUT2D eigenvalue weighted by Gasteiger charge is -2.12. The Hall–Kier alpha value is -3.27. The Labute approximate surface area is 176 Å². The van der Waals surface area contributed by atoms with E-state index in [-0.39, 0.29) is 23.4 Å². The van der Waals surface area contributed by atoms with Crippen LogP contribution in [0.1, 0.15) is 24.8 Å². The fourth-order valence-electron chi connectivity index (χ4n) is 2.82. The molecule has 0 aliphatic rings. The molecule has 0 radical (unpaired) electrons. The number of hydrogen-bond donors (Lipinski definition) is 3.